The Bertz CT molecular complexity index is 614. The van der Waals surface area contributed by atoms with Crippen molar-refractivity contribution in [1.29, 1.82) is 0 Å². The van der Waals surface area contributed by atoms with Crippen LogP contribution in [-0.2, 0) is 9.59 Å². The van der Waals surface area contributed by atoms with Gasteiger partial charge in [0.25, 0.3) is 0 Å². The van der Waals surface area contributed by atoms with Gasteiger partial charge in [-0.1, -0.05) is 0 Å². The number of amides is 4. The van der Waals surface area contributed by atoms with E-state index in [1.54, 1.807) is 19.0 Å². The van der Waals surface area contributed by atoms with Crippen LogP contribution in [-0.4, -0.2) is 90.3 Å². The number of nitrogens with zero attached hydrogens (tertiary/aromatic N) is 4. The molecule has 2 unspecified atom stereocenters. The predicted octanol–water partition coefficient (Wildman–Crippen LogP) is 1.24. The molecule has 4 saturated heterocycles. The smallest absolute Gasteiger partial charge is 0.320 e. The van der Waals surface area contributed by atoms with Crippen molar-refractivity contribution in [3.8, 4) is 0 Å². The lowest BCUT2D eigenvalue weighted by atomic mass is 9.76. The van der Waals surface area contributed by atoms with Gasteiger partial charge >= 0.3 is 6.03 Å². The zero-order chi connectivity index (χ0) is 19.1. The minimum Gasteiger partial charge on any atom is -0.349 e. The zero-order valence-electron chi connectivity index (χ0n) is 16.6. The van der Waals surface area contributed by atoms with E-state index in [2.05, 4.69) is 4.90 Å². The fourth-order valence-corrected chi connectivity index (χ4v) is 5.65. The van der Waals surface area contributed by atoms with Gasteiger partial charge in [-0.15, -0.1) is 0 Å². The topological polar surface area (TPSA) is 64.2 Å². The fraction of sp³-hybridized carbons (Fsp3) is 0.850. The van der Waals surface area contributed by atoms with Crippen LogP contribution in [0.1, 0.15) is 38.5 Å². The van der Waals surface area contributed by atoms with Gasteiger partial charge in [0, 0.05) is 65.2 Å². The number of carbonyl (C=O) groups is 3. The summed E-state index contributed by atoms with van der Waals surface area (Å²) in [6, 6.07) is 0.470. The summed E-state index contributed by atoms with van der Waals surface area (Å²) >= 11 is 0. The number of rotatable bonds is 1. The van der Waals surface area contributed by atoms with Gasteiger partial charge in [0.2, 0.25) is 11.8 Å². The van der Waals surface area contributed by atoms with Crippen molar-refractivity contribution in [3.05, 3.63) is 0 Å². The highest BCUT2D eigenvalue weighted by molar-refractivity contribution is 5.80. The average Bonchev–Trinajstić information content (AvgIpc) is 2.67. The third kappa shape index (κ3) is 3.52. The van der Waals surface area contributed by atoms with Crippen LogP contribution in [0.5, 0.6) is 0 Å². The molecule has 27 heavy (non-hydrogen) atoms. The number of carbonyl (C=O) groups excluding carboxylic acids is 3. The van der Waals surface area contributed by atoms with E-state index in [0.717, 1.165) is 51.7 Å². The normalized spacial score (nSPS) is 31.6. The van der Waals surface area contributed by atoms with Crippen molar-refractivity contribution in [2.75, 3.05) is 46.8 Å². The Morgan fingerprint density at radius 2 is 1.74 bits per heavy atom. The zero-order valence-corrected chi connectivity index (χ0v) is 16.6. The van der Waals surface area contributed by atoms with E-state index < -0.39 is 0 Å². The second-order valence-electron chi connectivity index (χ2n) is 9.05. The van der Waals surface area contributed by atoms with Gasteiger partial charge in [0.05, 0.1) is 0 Å². The molecular weight excluding hydrogens is 344 g/mol. The number of urea groups is 1. The maximum absolute atomic E-state index is 13.1. The van der Waals surface area contributed by atoms with Gasteiger partial charge in [0.1, 0.15) is 0 Å². The number of hydrogen-bond acceptors (Lipinski definition) is 3. The van der Waals surface area contributed by atoms with Crippen molar-refractivity contribution in [1.82, 2.24) is 19.6 Å². The van der Waals surface area contributed by atoms with E-state index >= 15 is 0 Å². The van der Waals surface area contributed by atoms with Gasteiger partial charge in [0.15, 0.2) is 0 Å². The number of piperidine rings is 4. The first-order valence-corrected chi connectivity index (χ1v) is 10.5. The lowest BCUT2D eigenvalue weighted by Gasteiger charge is -2.53. The minimum atomic E-state index is 0.0478. The first kappa shape index (κ1) is 18.6. The van der Waals surface area contributed by atoms with Crippen molar-refractivity contribution in [3.63, 3.8) is 0 Å². The molecule has 4 aliphatic rings. The Labute approximate surface area is 161 Å². The minimum absolute atomic E-state index is 0.0478. The lowest BCUT2D eigenvalue weighted by Crippen LogP contribution is -2.62. The molecule has 150 valence electrons. The lowest BCUT2D eigenvalue weighted by molar-refractivity contribution is -0.144. The Balaban J connectivity index is 1.36. The average molecular weight is 377 g/mol. The van der Waals surface area contributed by atoms with Gasteiger partial charge in [-0.25, -0.2) is 4.79 Å². The monoisotopic (exact) mass is 376 g/mol. The van der Waals surface area contributed by atoms with E-state index in [0.29, 0.717) is 43.3 Å². The van der Waals surface area contributed by atoms with Gasteiger partial charge < -0.3 is 19.6 Å². The quantitative estimate of drug-likeness (QED) is 0.692. The molecule has 4 aliphatic heterocycles. The molecule has 3 atom stereocenters. The van der Waals surface area contributed by atoms with E-state index in [9.17, 15) is 14.4 Å². The molecule has 0 saturated carbocycles. The molecule has 4 heterocycles. The largest absolute Gasteiger partial charge is 0.349 e. The third-order valence-electron chi connectivity index (χ3n) is 7.01. The summed E-state index contributed by atoms with van der Waals surface area (Å²) in [6.07, 6.45) is 5.44. The van der Waals surface area contributed by atoms with Crippen molar-refractivity contribution >= 4 is 17.8 Å². The van der Waals surface area contributed by atoms with Crippen LogP contribution >= 0.6 is 0 Å². The van der Waals surface area contributed by atoms with Crippen LogP contribution in [0.15, 0.2) is 0 Å². The highest BCUT2D eigenvalue weighted by atomic mass is 16.2. The molecule has 0 N–H and O–H groups in total. The van der Waals surface area contributed by atoms with Crippen molar-refractivity contribution in [2.24, 2.45) is 17.8 Å². The molecule has 0 aliphatic carbocycles. The maximum atomic E-state index is 13.1. The van der Waals surface area contributed by atoms with E-state index in [4.69, 9.17) is 0 Å². The summed E-state index contributed by atoms with van der Waals surface area (Å²) in [6.45, 7) is 3.71. The highest BCUT2D eigenvalue weighted by Gasteiger charge is 2.45. The maximum Gasteiger partial charge on any atom is 0.320 e. The molecule has 0 radical (unpaired) electrons. The Morgan fingerprint density at radius 1 is 1.00 bits per heavy atom. The first-order valence-electron chi connectivity index (χ1n) is 10.5. The molecule has 4 fully saturated rings. The van der Waals surface area contributed by atoms with Crippen LogP contribution in [0.4, 0.5) is 4.79 Å². The summed E-state index contributed by atoms with van der Waals surface area (Å²) < 4.78 is 0. The van der Waals surface area contributed by atoms with E-state index in [-0.39, 0.29) is 17.9 Å². The Kier molecular flexibility index (Phi) is 5.03. The SMILES string of the molecule is CN(C)C(=O)C1CCN(C(=O)N2CC3CC(C2)[C@H]2CCCC(=O)N2C3)CC1. The van der Waals surface area contributed by atoms with E-state index in [1.807, 2.05) is 9.80 Å². The van der Waals surface area contributed by atoms with Gasteiger partial charge in [-0.05, 0) is 43.9 Å². The molecule has 0 aromatic heterocycles. The van der Waals surface area contributed by atoms with Crippen LogP contribution < -0.4 is 0 Å². The highest BCUT2D eigenvalue weighted by Crippen LogP contribution is 2.38. The second-order valence-corrected chi connectivity index (χ2v) is 9.05. The van der Waals surface area contributed by atoms with Crippen LogP contribution in [0.3, 0.4) is 0 Å². The van der Waals surface area contributed by atoms with Gasteiger partial charge in [-0.3, -0.25) is 9.59 Å². The molecule has 0 aromatic rings. The summed E-state index contributed by atoms with van der Waals surface area (Å²) in [5, 5.41) is 0. The Morgan fingerprint density at radius 3 is 2.44 bits per heavy atom. The van der Waals surface area contributed by atoms with Crippen LogP contribution in [0, 0.1) is 17.8 Å². The molecular formula is C20H32N4O3. The van der Waals surface area contributed by atoms with Crippen molar-refractivity contribution in [2.45, 2.75) is 44.6 Å². The number of likely N-dealkylation sites (tertiary alicyclic amines) is 2. The molecule has 0 spiro atoms. The second kappa shape index (κ2) is 7.32. The van der Waals surface area contributed by atoms with Crippen LogP contribution in [0.2, 0.25) is 0 Å². The summed E-state index contributed by atoms with van der Waals surface area (Å²) in [5.74, 6) is 1.38. The van der Waals surface area contributed by atoms with E-state index in [1.165, 1.54) is 0 Å². The number of fused-ring (bicyclic) bond motifs is 4. The summed E-state index contributed by atoms with van der Waals surface area (Å²) in [7, 11) is 3.59. The molecule has 4 rings (SSSR count). The molecule has 2 bridgehead atoms. The molecule has 0 aromatic carbocycles. The first-order chi connectivity index (χ1) is 12.9. The van der Waals surface area contributed by atoms with Gasteiger partial charge in [-0.2, -0.15) is 0 Å². The molecule has 7 nitrogen and oxygen atoms in total. The molecule has 4 amide bonds. The summed E-state index contributed by atoms with van der Waals surface area (Å²) in [4.78, 5) is 45.2. The number of hydrogen-bond donors (Lipinski definition) is 0. The standard InChI is InChI=1S/C20H32N4O3/c1-21(2)19(26)15-6-8-22(9-7-15)20(27)23-11-14-10-16(13-23)17-4-3-5-18(25)24(17)12-14/h14-17H,3-13H2,1-2H3/t14?,16?,17-/m1/s1. The third-order valence-corrected chi connectivity index (χ3v) is 7.01. The summed E-state index contributed by atoms with van der Waals surface area (Å²) in [5.41, 5.74) is 0. The molecule has 7 heteroatoms. The predicted molar refractivity (Wildman–Crippen MR) is 101 cm³/mol. The van der Waals surface area contributed by atoms with Crippen LogP contribution in [0.25, 0.3) is 0 Å². The Hall–Kier alpha value is -1.79. The fourth-order valence-electron chi connectivity index (χ4n) is 5.65. The van der Waals surface area contributed by atoms with Crippen molar-refractivity contribution < 1.29 is 14.4 Å².